The molecule has 0 bridgehead atoms. The Morgan fingerprint density at radius 3 is 2.57 bits per heavy atom. The number of aromatic nitrogens is 2. The van der Waals surface area contributed by atoms with Crippen molar-refractivity contribution in [1.82, 2.24) is 20.6 Å². The molecule has 28 heavy (non-hydrogen) atoms. The predicted octanol–water partition coefficient (Wildman–Crippen LogP) is 1.85. The molecule has 0 unspecified atom stereocenters. The number of aliphatic imine (C=N–C) groups is 1. The van der Waals surface area contributed by atoms with Crippen LogP contribution in [0.1, 0.15) is 62.8 Å². The molecule has 1 amide bonds. The third-order valence-corrected chi connectivity index (χ3v) is 4.58. The monoisotopic (exact) mass is 391 g/mol. The van der Waals surface area contributed by atoms with Crippen molar-refractivity contribution >= 4 is 17.8 Å². The standard InChI is InChI=1S/C19H29N5O4/c1-28-19-22-12-14(13-23-19)15(17(26)27)8-5-3-2-4-6-9-16(25)24-18-20-10-7-11-21-18/h12-13,15H,2-11H2,1H3,(H,26,27)(H2,20,21,24,25)/t15-/m0/s1. The van der Waals surface area contributed by atoms with E-state index in [0.29, 0.717) is 24.4 Å². The smallest absolute Gasteiger partial charge is 0.316 e. The van der Waals surface area contributed by atoms with Gasteiger partial charge in [0.1, 0.15) is 0 Å². The summed E-state index contributed by atoms with van der Waals surface area (Å²) in [6, 6.07) is 0.225. The first-order chi connectivity index (χ1) is 13.6. The van der Waals surface area contributed by atoms with E-state index in [9.17, 15) is 14.7 Å². The Morgan fingerprint density at radius 1 is 1.21 bits per heavy atom. The third kappa shape index (κ3) is 7.50. The van der Waals surface area contributed by atoms with Gasteiger partial charge in [0.25, 0.3) is 0 Å². The number of amides is 1. The summed E-state index contributed by atoms with van der Waals surface area (Å²) < 4.78 is 4.90. The van der Waals surface area contributed by atoms with Crippen molar-refractivity contribution in [3.05, 3.63) is 18.0 Å². The molecule has 9 heteroatoms. The Labute approximate surface area is 165 Å². The van der Waals surface area contributed by atoms with E-state index < -0.39 is 11.9 Å². The number of carbonyl (C=O) groups is 2. The fourth-order valence-corrected chi connectivity index (χ4v) is 3.02. The Kier molecular flexibility index (Phi) is 9.17. The molecule has 0 spiro atoms. The molecule has 0 radical (unpaired) electrons. The van der Waals surface area contributed by atoms with Crippen molar-refractivity contribution in [3.63, 3.8) is 0 Å². The number of ether oxygens (including phenoxy) is 1. The minimum Gasteiger partial charge on any atom is -0.481 e. The molecular formula is C19H29N5O4. The number of unbranched alkanes of at least 4 members (excludes halogenated alkanes) is 4. The van der Waals surface area contributed by atoms with Gasteiger partial charge in [-0.1, -0.05) is 25.7 Å². The highest BCUT2D eigenvalue weighted by molar-refractivity contribution is 5.97. The zero-order chi connectivity index (χ0) is 20.2. The van der Waals surface area contributed by atoms with Gasteiger partial charge >= 0.3 is 12.0 Å². The average Bonchev–Trinajstić information content (AvgIpc) is 2.70. The van der Waals surface area contributed by atoms with Crippen LogP contribution in [0.4, 0.5) is 0 Å². The maximum absolute atomic E-state index is 11.8. The molecule has 2 heterocycles. The molecule has 0 aliphatic carbocycles. The first kappa shape index (κ1) is 21.6. The second kappa shape index (κ2) is 11.9. The van der Waals surface area contributed by atoms with Gasteiger partial charge < -0.3 is 15.2 Å². The molecule has 1 aliphatic rings. The SMILES string of the molecule is COc1ncc([C@H](CCCCCCCC(=O)NC2=NCCCN2)C(=O)O)cn1. The van der Waals surface area contributed by atoms with Crippen molar-refractivity contribution in [1.29, 1.82) is 0 Å². The van der Waals surface area contributed by atoms with Gasteiger partial charge in [0.2, 0.25) is 5.91 Å². The van der Waals surface area contributed by atoms with Gasteiger partial charge in [-0.2, -0.15) is 0 Å². The summed E-state index contributed by atoms with van der Waals surface area (Å²) in [6.45, 7) is 1.60. The van der Waals surface area contributed by atoms with Crippen LogP contribution in [0.25, 0.3) is 0 Å². The van der Waals surface area contributed by atoms with Crippen molar-refractivity contribution in [2.75, 3.05) is 20.2 Å². The van der Waals surface area contributed by atoms with Crippen LogP contribution in [0.3, 0.4) is 0 Å². The molecule has 1 atom stereocenters. The Hall–Kier alpha value is -2.71. The van der Waals surface area contributed by atoms with E-state index in [4.69, 9.17) is 4.74 Å². The molecule has 0 saturated heterocycles. The van der Waals surface area contributed by atoms with Gasteiger partial charge in [-0.15, -0.1) is 0 Å². The maximum Gasteiger partial charge on any atom is 0.316 e. The lowest BCUT2D eigenvalue weighted by atomic mass is 9.95. The minimum absolute atomic E-state index is 0.0152. The van der Waals surface area contributed by atoms with Gasteiger partial charge in [0.05, 0.1) is 13.0 Å². The number of nitrogens with zero attached hydrogens (tertiary/aromatic N) is 3. The largest absolute Gasteiger partial charge is 0.481 e. The van der Waals surface area contributed by atoms with Crippen LogP contribution in [0.2, 0.25) is 0 Å². The normalized spacial score (nSPS) is 14.5. The van der Waals surface area contributed by atoms with Crippen molar-refractivity contribution in [2.45, 2.75) is 57.3 Å². The quantitative estimate of drug-likeness (QED) is 0.491. The van der Waals surface area contributed by atoms with Crippen molar-refractivity contribution < 1.29 is 19.4 Å². The molecule has 2 rings (SSSR count). The van der Waals surface area contributed by atoms with E-state index in [1.807, 2.05) is 0 Å². The maximum atomic E-state index is 11.8. The van der Waals surface area contributed by atoms with Crippen LogP contribution in [-0.2, 0) is 9.59 Å². The number of hydrogen-bond donors (Lipinski definition) is 3. The lowest BCUT2D eigenvalue weighted by Crippen LogP contribution is -2.43. The molecule has 0 saturated carbocycles. The van der Waals surface area contributed by atoms with E-state index in [-0.39, 0.29) is 11.9 Å². The van der Waals surface area contributed by atoms with Crippen molar-refractivity contribution in [2.24, 2.45) is 4.99 Å². The second-order valence-corrected chi connectivity index (χ2v) is 6.76. The number of guanidine groups is 1. The number of carboxylic acids is 1. The second-order valence-electron chi connectivity index (χ2n) is 6.76. The van der Waals surface area contributed by atoms with Gasteiger partial charge in [0.15, 0.2) is 5.96 Å². The van der Waals surface area contributed by atoms with Gasteiger partial charge in [-0.25, -0.2) is 9.97 Å². The summed E-state index contributed by atoms with van der Waals surface area (Å²) in [5.74, 6) is -0.915. The Morgan fingerprint density at radius 2 is 1.93 bits per heavy atom. The highest BCUT2D eigenvalue weighted by Gasteiger charge is 2.20. The number of carboxylic acid groups (broad SMARTS) is 1. The number of nitrogens with one attached hydrogen (secondary N) is 2. The van der Waals surface area contributed by atoms with E-state index in [2.05, 4.69) is 25.6 Å². The van der Waals surface area contributed by atoms with E-state index >= 15 is 0 Å². The number of aliphatic carboxylic acids is 1. The summed E-state index contributed by atoms with van der Waals surface area (Å²) >= 11 is 0. The van der Waals surface area contributed by atoms with Gasteiger partial charge in [0, 0.05) is 37.5 Å². The Bertz CT molecular complexity index is 663. The molecule has 9 nitrogen and oxygen atoms in total. The zero-order valence-electron chi connectivity index (χ0n) is 16.3. The molecule has 3 N–H and O–H groups in total. The molecular weight excluding hydrogens is 362 g/mol. The van der Waals surface area contributed by atoms with Crippen LogP contribution in [0.15, 0.2) is 17.4 Å². The van der Waals surface area contributed by atoms with Crippen molar-refractivity contribution in [3.8, 4) is 6.01 Å². The summed E-state index contributed by atoms with van der Waals surface area (Å²) in [5.41, 5.74) is 0.587. The number of hydrogen-bond acceptors (Lipinski definition) is 7. The number of methoxy groups -OCH3 is 1. The first-order valence-corrected chi connectivity index (χ1v) is 9.77. The molecule has 1 aromatic heterocycles. The fraction of sp³-hybridized carbons (Fsp3) is 0.632. The van der Waals surface area contributed by atoms with Crippen LogP contribution >= 0.6 is 0 Å². The third-order valence-electron chi connectivity index (χ3n) is 4.58. The lowest BCUT2D eigenvalue weighted by Gasteiger charge is -2.15. The highest BCUT2D eigenvalue weighted by Crippen LogP contribution is 2.23. The predicted molar refractivity (Wildman–Crippen MR) is 104 cm³/mol. The van der Waals surface area contributed by atoms with Crippen LogP contribution in [-0.4, -0.2) is 53.1 Å². The van der Waals surface area contributed by atoms with Crippen LogP contribution in [0.5, 0.6) is 6.01 Å². The number of rotatable bonds is 11. The zero-order valence-corrected chi connectivity index (χ0v) is 16.3. The molecule has 0 fully saturated rings. The lowest BCUT2D eigenvalue weighted by molar-refractivity contribution is -0.139. The molecule has 1 aliphatic heterocycles. The van der Waals surface area contributed by atoms with Crippen LogP contribution in [0, 0.1) is 0 Å². The van der Waals surface area contributed by atoms with Crippen LogP contribution < -0.4 is 15.4 Å². The first-order valence-electron chi connectivity index (χ1n) is 9.77. The van der Waals surface area contributed by atoms with E-state index in [1.54, 1.807) is 0 Å². The van der Waals surface area contributed by atoms with E-state index in [0.717, 1.165) is 51.6 Å². The topological polar surface area (TPSA) is 126 Å². The summed E-state index contributed by atoms with van der Waals surface area (Å²) in [7, 11) is 1.47. The molecule has 1 aromatic rings. The molecule has 0 aromatic carbocycles. The average molecular weight is 391 g/mol. The fourth-order valence-electron chi connectivity index (χ4n) is 3.02. The van der Waals surface area contributed by atoms with E-state index in [1.165, 1.54) is 19.5 Å². The summed E-state index contributed by atoms with van der Waals surface area (Å²) in [5, 5.41) is 15.3. The Balaban J connectivity index is 1.59. The highest BCUT2D eigenvalue weighted by atomic mass is 16.5. The molecule has 154 valence electrons. The number of carbonyl (C=O) groups excluding carboxylic acids is 1. The summed E-state index contributed by atoms with van der Waals surface area (Å²) in [6.07, 6.45) is 9.48. The van der Waals surface area contributed by atoms with Gasteiger partial charge in [-0.05, 0) is 19.3 Å². The van der Waals surface area contributed by atoms with Gasteiger partial charge in [-0.3, -0.25) is 19.9 Å². The minimum atomic E-state index is -0.871. The summed E-state index contributed by atoms with van der Waals surface area (Å²) in [4.78, 5) is 35.5.